The van der Waals surface area contributed by atoms with E-state index in [1.807, 2.05) is 72.8 Å². The zero-order valence-electron chi connectivity index (χ0n) is 23.1. The molecule has 4 aromatic rings. The summed E-state index contributed by atoms with van der Waals surface area (Å²) in [6.45, 7) is 4.68. The topological polar surface area (TPSA) is 68.8 Å². The number of amides is 1. The van der Waals surface area contributed by atoms with Gasteiger partial charge < -0.3 is 24.8 Å². The fourth-order valence-electron chi connectivity index (χ4n) is 4.81. The molecule has 1 aliphatic heterocycles. The monoisotopic (exact) mass is 536 g/mol. The van der Waals surface area contributed by atoms with E-state index in [1.165, 1.54) is 0 Å². The highest BCUT2D eigenvalue weighted by Crippen LogP contribution is 2.34. The molecule has 0 unspecified atom stereocenters. The first-order chi connectivity index (χ1) is 19.6. The van der Waals surface area contributed by atoms with Gasteiger partial charge in [-0.3, -0.25) is 4.79 Å². The van der Waals surface area contributed by atoms with Gasteiger partial charge in [0.05, 0.1) is 13.7 Å². The smallest absolute Gasteiger partial charge is 0.255 e. The Hall–Kier alpha value is -4.29. The van der Waals surface area contributed by atoms with Crippen LogP contribution < -0.4 is 24.8 Å². The lowest BCUT2D eigenvalue weighted by atomic mass is 10.0. The molecule has 1 aliphatic rings. The van der Waals surface area contributed by atoms with E-state index >= 15 is 0 Å². The van der Waals surface area contributed by atoms with Crippen molar-refractivity contribution >= 4 is 11.6 Å². The average Bonchev–Trinajstić information content (AvgIpc) is 3.01. The number of hydrogen-bond acceptors (Lipinski definition) is 5. The third kappa shape index (κ3) is 6.82. The van der Waals surface area contributed by atoms with E-state index in [0.717, 1.165) is 77.5 Å². The molecule has 0 radical (unpaired) electrons. The van der Waals surface area contributed by atoms with Crippen LogP contribution >= 0.6 is 0 Å². The van der Waals surface area contributed by atoms with Gasteiger partial charge in [-0.1, -0.05) is 43.3 Å². The summed E-state index contributed by atoms with van der Waals surface area (Å²) in [5.74, 6) is 2.21. The molecule has 0 aromatic heterocycles. The van der Waals surface area contributed by atoms with E-state index in [0.29, 0.717) is 12.2 Å². The third-order valence-electron chi connectivity index (χ3n) is 7.00. The van der Waals surface area contributed by atoms with Crippen LogP contribution in [-0.4, -0.2) is 38.8 Å². The minimum atomic E-state index is -0.182. The van der Waals surface area contributed by atoms with Crippen molar-refractivity contribution in [3.63, 3.8) is 0 Å². The van der Waals surface area contributed by atoms with Crippen molar-refractivity contribution in [1.29, 1.82) is 0 Å². The summed E-state index contributed by atoms with van der Waals surface area (Å²) in [5, 5.41) is 6.39. The summed E-state index contributed by atoms with van der Waals surface area (Å²) in [4.78, 5) is 13.2. The summed E-state index contributed by atoms with van der Waals surface area (Å²) in [7, 11) is 1.64. The van der Waals surface area contributed by atoms with Gasteiger partial charge in [-0.25, -0.2) is 0 Å². The second-order valence-corrected chi connectivity index (χ2v) is 9.91. The van der Waals surface area contributed by atoms with Gasteiger partial charge >= 0.3 is 0 Å². The third-order valence-corrected chi connectivity index (χ3v) is 7.00. The van der Waals surface area contributed by atoms with Crippen LogP contribution in [0, 0.1) is 0 Å². The second kappa shape index (κ2) is 13.2. The lowest BCUT2D eigenvalue weighted by molar-refractivity contribution is 0.102. The number of nitrogens with one attached hydrogen (secondary N) is 2. The van der Waals surface area contributed by atoms with Crippen molar-refractivity contribution in [2.45, 2.75) is 32.3 Å². The van der Waals surface area contributed by atoms with Gasteiger partial charge in [0.15, 0.2) is 0 Å². The van der Waals surface area contributed by atoms with Crippen LogP contribution in [0.15, 0.2) is 91.0 Å². The number of piperidine rings is 1. The van der Waals surface area contributed by atoms with Crippen LogP contribution in [0.4, 0.5) is 5.69 Å². The number of benzene rings is 4. The molecule has 4 aromatic carbocycles. The zero-order valence-corrected chi connectivity index (χ0v) is 23.1. The number of carbonyl (C=O) groups excluding carboxylic acids is 1. The van der Waals surface area contributed by atoms with E-state index in [9.17, 15) is 4.79 Å². The Labute approximate surface area is 236 Å². The van der Waals surface area contributed by atoms with Crippen molar-refractivity contribution in [2.75, 3.05) is 32.1 Å². The van der Waals surface area contributed by atoms with E-state index in [2.05, 4.69) is 29.7 Å². The Bertz CT molecular complexity index is 1410. The van der Waals surface area contributed by atoms with Crippen LogP contribution in [0.2, 0.25) is 0 Å². The molecule has 0 atom stereocenters. The molecule has 40 heavy (non-hydrogen) atoms. The fourth-order valence-corrected chi connectivity index (χ4v) is 4.81. The van der Waals surface area contributed by atoms with E-state index < -0.39 is 0 Å². The lowest BCUT2D eigenvalue weighted by Gasteiger charge is -2.23. The number of carbonyl (C=O) groups is 1. The minimum Gasteiger partial charge on any atom is -0.497 e. The lowest BCUT2D eigenvalue weighted by Crippen LogP contribution is -2.34. The van der Waals surface area contributed by atoms with E-state index in [1.54, 1.807) is 13.2 Å². The number of rotatable bonds is 10. The molecule has 1 fully saturated rings. The maximum Gasteiger partial charge on any atom is 0.255 e. The maximum atomic E-state index is 13.2. The van der Waals surface area contributed by atoms with Crippen LogP contribution in [0.5, 0.6) is 17.2 Å². The van der Waals surface area contributed by atoms with Gasteiger partial charge in [-0.05, 0) is 104 Å². The predicted octanol–water partition coefficient (Wildman–Crippen LogP) is 7.20. The van der Waals surface area contributed by atoms with Crippen LogP contribution in [0.3, 0.4) is 0 Å². The van der Waals surface area contributed by atoms with Crippen LogP contribution in [0.1, 0.15) is 36.5 Å². The molecule has 0 bridgehead atoms. The molecule has 1 heterocycles. The summed E-state index contributed by atoms with van der Waals surface area (Å²) in [5.41, 5.74) is 5.23. The Morgan fingerprint density at radius 3 is 2.27 bits per heavy atom. The van der Waals surface area contributed by atoms with Gasteiger partial charge in [0.1, 0.15) is 23.4 Å². The van der Waals surface area contributed by atoms with Gasteiger partial charge in [0.2, 0.25) is 0 Å². The molecule has 206 valence electrons. The largest absolute Gasteiger partial charge is 0.497 e. The second-order valence-electron chi connectivity index (χ2n) is 9.91. The highest BCUT2D eigenvalue weighted by atomic mass is 16.5. The molecular formula is C34H36N2O4. The first-order valence-corrected chi connectivity index (χ1v) is 13.9. The predicted molar refractivity (Wildman–Crippen MR) is 161 cm³/mol. The van der Waals surface area contributed by atoms with Gasteiger partial charge in [0, 0.05) is 16.8 Å². The van der Waals surface area contributed by atoms with E-state index in [4.69, 9.17) is 14.2 Å². The molecule has 2 N–H and O–H groups in total. The fraction of sp³-hybridized carbons (Fsp3) is 0.265. The van der Waals surface area contributed by atoms with Crippen LogP contribution in [0.25, 0.3) is 22.3 Å². The van der Waals surface area contributed by atoms with Gasteiger partial charge in [0.25, 0.3) is 5.91 Å². The van der Waals surface area contributed by atoms with E-state index in [-0.39, 0.29) is 12.0 Å². The number of ether oxygens (including phenoxy) is 3. The minimum absolute atomic E-state index is 0.182. The summed E-state index contributed by atoms with van der Waals surface area (Å²) >= 11 is 0. The molecule has 6 heteroatoms. The number of methoxy groups -OCH3 is 1. The molecule has 1 amide bonds. The molecular weight excluding hydrogens is 500 g/mol. The molecule has 0 spiro atoms. The Balaban J connectivity index is 1.27. The van der Waals surface area contributed by atoms with Crippen molar-refractivity contribution in [1.82, 2.24) is 5.32 Å². The quantitative estimate of drug-likeness (QED) is 0.224. The first-order valence-electron chi connectivity index (χ1n) is 13.9. The summed E-state index contributed by atoms with van der Waals surface area (Å²) < 4.78 is 17.5. The van der Waals surface area contributed by atoms with Gasteiger partial charge in [-0.2, -0.15) is 0 Å². The Morgan fingerprint density at radius 2 is 1.57 bits per heavy atom. The normalized spacial score (nSPS) is 13.4. The number of hydrogen-bond donors (Lipinski definition) is 2. The van der Waals surface area contributed by atoms with Crippen molar-refractivity contribution in [2.24, 2.45) is 0 Å². The van der Waals surface area contributed by atoms with Gasteiger partial charge in [-0.15, -0.1) is 0 Å². The summed E-state index contributed by atoms with van der Waals surface area (Å²) in [6.07, 6.45) is 3.25. The highest BCUT2D eigenvalue weighted by Gasteiger charge is 2.15. The molecule has 0 aliphatic carbocycles. The Kier molecular flexibility index (Phi) is 8.99. The zero-order chi connectivity index (χ0) is 27.7. The van der Waals surface area contributed by atoms with Crippen molar-refractivity contribution in [3.05, 3.63) is 96.6 Å². The SMILES string of the molecule is CCCOc1ccc(C(=O)Nc2ccc(-c3ccc(OC4CCNCC4)cc3)cc2)cc1-c1cccc(OC)c1. The standard InChI is InChI=1S/C34H36N2O4/c1-3-21-39-33-16-11-27(23-32(33)26-5-4-6-31(22-26)38-2)34(37)36-28-12-7-24(8-13-28)25-9-14-29(15-10-25)40-30-17-19-35-20-18-30/h4-16,22-23,30,35H,3,17-21H2,1-2H3,(H,36,37). The molecule has 5 rings (SSSR count). The Morgan fingerprint density at radius 1 is 0.850 bits per heavy atom. The molecule has 6 nitrogen and oxygen atoms in total. The molecule has 0 saturated carbocycles. The maximum absolute atomic E-state index is 13.2. The average molecular weight is 537 g/mol. The van der Waals surface area contributed by atoms with Crippen molar-refractivity contribution < 1.29 is 19.0 Å². The molecule has 1 saturated heterocycles. The number of anilines is 1. The van der Waals surface area contributed by atoms with Crippen molar-refractivity contribution in [3.8, 4) is 39.5 Å². The highest BCUT2D eigenvalue weighted by molar-refractivity contribution is 6.05. The first kappa shape index (κ1) is 27.3. The van der Waals surface area contributed by atoms with Crippen LogP contribution in [-0.2, 0) is 0 Å². The summed E-state index contributed by atoms with van der Waals surface area (Å²) in [6, 6.07) is 29.4.